The van der Waals surface area contributed by atoms with Crippen LogP contribution in [0.2, 0.25) is 0 Å². The summed E-state index contributed by atoms with van der Waals surface area (Å²) in [6.45, 7) is 0. The van der Waals surface area contributed by atoms with Crippen molar-refractivity contribution >= 4 is 28.9 Å². The van der Waals surface area contributed by atoms with Crippen LogP contribution in [0.5, 0.6) is 11.5 Å². The highest BCUT2D eigenvalue weighted by atomic mass is 16.5. The highest BCUT2D eigenvalue weighted by molar-refractivity contribution is 6.04. The first-order chi connectivity index (χ1) is 16.1. The maximum Gasteiger partial charge on any atom is 0.336 e. The van der Waals surface area contributed by atoms with Gasteiger partial charge in [0.1, 0.15) is 5.58 Å². The van der Waals surface area contributed by atoms with Crippen LogP contribution in [0, 0.1) is 0 Å². The van der Waals surface area contributed by atoms with Gasteiger partial charge in [-0.25, -0.2) is 4.79 Å². The van der Waals surface area contributed by atoms with Crippen LogP contribution in [0.4, 0.5) is 0 Å². The molecule has 4 aromatic rings. The first-order valence-electron chi connectivity index (χ1n) is 10.3. The van der Waals surface area contributed by atoms with Crippen LogP contribution >= 0.6 is 0 Å². The van der Waals surface area contributed by atoms with Gasteiger partial charge in [0.15, 0.2) is 17.3 Å². The van der Waals surface area contributed by atoms with Crippen LogP contribution in [0.3, 0.4) is 0 Å². The van der Waals surface area contributed by atoms with E-state index in [0.29, 0.717) is 17.1 Å². The number of ether oxygens (including phenoxy) is 2. The van der Waals surface area contributed by atoms with Gasteiger partial charge < -0.3 is 13.9 Å². The second kappa shape index (κ2) is 9.83. The molecule has 1 aromatic heterocycles. The molecule has 4 rings (SSSR count). The van der Waals surface area contributed by atoms with Crippen LogP contribution in [-0.2, 0) is 4.79 Å². The van der Waals surface area contributed by atoms with Crippen molar-refractivity contribution in [2.24, 2.45) is 0 Å². The van der Waals surface area contributed by atoms with Gasteiger partial charge in [0, 0.05) is 11.5 Å². The third-order valence-corrected chi connectivity index (χ3v) is 5.16. The van der Waals surface area contributed by atoms with Gasteiger partial charge in [0.05, 0.1) is 14.2 Å². The van der Waals surface area contributed by atoms with E-state index in [1.54, 1.807) is 44.6 Å². The molecule has 3 aromatic carbocycles. The quantitative estimate of drug-likeness (QED) is 0.271. The summed E-state index contributed by atoms with van der Waals surface area (Å²) >= 11 is 0. The minimum Gasteiger partial charge on any atom is -0.493 e. The molecule has 0 aliphatic heterocycles. The van der Waals surface area contributed by atoms with Crippen molar-refractivity contribution in [1.82, 2.24) is 0 Å². The van der Waals surface area contributed by atoms with Crippen LogP contribution in [0.25, 0.3) is 34.2 Å². The molecule has 0 radical (unpaired) electrons. The van der Waals surface area contributed by atoms with Crippen LogP contribution in [0.15, 0.2) is 94.2 Å². The number of hydrogen-bond acceptors (Lipinski definition) is 5. The Bertz CT molecular complexity index is 1410. The molecule has 0 atom stereocenters. The molecule has 0 spiro atoms. The van der Waals surface area contributed by atoms with Gasteiger partial charge in [-0.3, -0.25) is 4.79 Å². The lowest BCUT2D eigenvalue weighted by atomic mass is 10.0. The number of carbonyl (C=O) groups is 1. The van der Waals surface area contributed by atoms with E-state index in [-0.39, 0.29) is 11.4 Å². The number of ketones is 1. The molecular formula is C28H22O5. The Labute approximate surface area is 191 Å². The molecule has 0 unspecified atom stereocenters. The Morgan fingerprint density at radius 3 is 2.18 bits per heavy atom. The number of rotatable bonds is 7. The Hall–Kier alpha value is -4.38. The molecule has 0 N–H and O–H groups in total. The van der Waals surface area contributed by atoms with E-state index in [2.05, 4.69) is 0 Å². The molecule has 5 nitrogen and oxygen atoms in total. The molecule has 33 heavy (non-hydrogen) atoms. The van der Waals surface area contributed by atoms with E-state index in [9.17, 15) is 9.59 Å². The van der Waals surface area contributed by atoms with Gasteiger partial charge in [-0.15, -0.1) is 0 Å². The van der Waals surface area contributed by atoms with Crippen LogP contribution in [0.1, 0.15) is 11.1 Å². The lowest BCUT2D eigenvalue weighted by Crippen LogP contribution is -1.97. The van der Waals surface area contributed by atoms with E-state index in [1.165, 1.54) is 18.2 Å². The van der Waals surface area contributed by atoms with Crippen molar-refractivity contribution in [1.29, 1.82) is 0 Å². The number of benzene rings is 3. The Balaban J connectivity index is 1.48. The highest BCUT2D eigenvalue weighted by Crippen LogP contribution is 2.28. The van der Waals surface area contributed by atoms with Gasteiger partial charge in [-0.1, -0.05) is 60.7 Å². The third kappa shape index (κ3) is 5.10. The lowest BCUT2D eigenvalue weighted by Gasteiger charge is -2.07. The van der Waals surface area contributed by atoms with E-state index < -0.39 is 0 Å². The number of hydrogen-bond donors (Lipinski definition) is 0. The van der Waals surface area contributed by atoms with Crippen LogP contribution < -0.4 is 15.1 Å². The molecular weight excluding hydrogens is 416 g/mol. The average molecular weight is 438 g/mol. The summed E-state index contributed by atoms with van der Waals surface area (Å²) in [5, 5.41) is 0.871. The Morgan fingerprint density at radius 2 is 1.45 bits per heavy atom. The normalized spacial score (nSPS) is 11.3. The maximum atomic E-state index is 12.3. The van der Waals surface area contributed by atoms with E-state index >= 15 is 0 Å². The number of fused-ring (bicyclic) bond motifs is 1. The molecule has 164 valence electrons. The standard InChI is InChI=1S/C28H22O5/c1-31-26-16-11-20(17-27(26)32-2)10-15-22(29)14-9-19-7-12-21(13-8-19)24-18-28(30)33-25-6-4-3-5-23(24)25/h3-18H,1-2H3. The number of allylic oxidation sites excluding steroid dienone is 2. The molecule has 1 heterocycles. The van der Waals surface area contributed by atoms with E-state index in [1.807, 2.05) is 48.5 Å². The summed E-state index contributed by atoms with van der Waals surface area (Å²) in [5.74, 6) is 1.10. The molecule has 0 saturated heterocycles. The van der Waals surface area contributed by atoms with Crippen molar-refractivity contribution in [3.63, 3.8) is 0 Å². The molecule has 0 aliphatic carbocycles. The second-order valence-corrected chi connectivity index (χ2v) is 7.28. The molecule has 0 bridgehead atoms. The van der Waals surface area contributed by atoms with Crippen molar-refractivity contribution in [3.8, 4) is 22.6 Å². The lowest BCUT2D eigenvalue weighted by molar-refractivity contribution is -0.110. The molecule has 5 heteroatoms. The molecule has 0 saturated carbocycles. The van der Waals surface area contributed by atoms with Crippen LogP contribution in [-0.4, -0.2) is 20.0 Å². The number of methoxy groups -OCH3 is 2. The zero-order valence-corrected chi connectivity index (χ0v) is 18.3. The minimum absolute atomic E-state index is 0.138. The fourth-order valence-corrected chi connectivity index (χ4v) is 3.49. The largest absolute Gasteiger partial charge is 0.493 e. The average Bonchev–Trinajstić information content (AvgIpc) is 2.85. The topological polar surface area (TPSA) is 65.7 Å². The smallest absolute Gasteiger partial charge is 0.336 e. The zero-order chi connectivity index (χ0) is 23.2. The summed E-state index contributed by atoms with van der Waals surface area (Å²) in [6.07, 6.45) is 6.49. The van der Waals surface area contributed by atoms with E-state index in [4.69, 9.17) is 13.9 Å². The molecule has 0 amide bonds. The maximum absolute atomic E-state index is 12.3. The first kappa shape index (κ1) is 21.8. The summed E-state index contributed by atoms with van der Waals surface area (Å²) < 4.78 is 15.8. The monoisotopic (exact) mass is 438 g/mol. The van der Waals surface area contributed by atoms with Gasteiger partial charge >= 0.3 is 5.63 Å². The van der Waals surface area contributed by atoms with Gasteiger partial charge in [0.2, 0.25) is 0 Å². The summed E-state index contributed by atoms with van der Waals surface area (Å²) in [7, 11) is 3.15. The van der Waals surface area contributed by atoms with Crippen molar-refractivity contribution < 1.29 is 18.7 Å². The SMILES string of the molecule is COc1ccc(C=CC(=O)C=Cc2ccc(-c3cc(=O)oc4ccccc34)cc2)cc1OC. The number of carbonyl (C=O) groups excluding carboxylic acids is 1. The zero-order valence-electron chi connectivity index (χ0n) is 18.3. The summed E-state index contributed by atoms with van der Waals surface area (Å²) in [4.78, 5) is 24.2. The minimum atomic E-state index is -0.389. The van der Waals surface area contributed by atoms with Crippen molar-refractivity contribution in [2.45, 2.75) is 0 Å². The highest BCUT2D eigenvalue weighted by Gasteiger charge is 2.07. The molecule has 0 fully saturated rings. The van der Waals surface area contributed by atoms with Gasteiger partial charge in [-0.05, 0) is 52.6 Å². The first-order valence-corrected chi connectivity index (χ1v) is 10.3. The third-order valence-electron chi connectivity index (χ3n) is 5.16. The van der Waals surface area contributed by atoms with Gasteiger partial charge in [0.25, 0.3) is 0 Å². The second-order valence-electron chi connectivity index (χ2n) is 7.28. The summed E-state index contributed by atoms with van der Waals surface area (Å²) in [5.41, 5.74) is 3.58. The van der Waals surface area contributed by atoms with E-state index in [0.717, 1.165) is 27.6 Å². The predicted molar refractivity (Wildman–Crippen MR) is 131 cm³/mol. The fourth-order valence-electron chi connectivity index (χ4n) is 3.49. The number of para-hydroxylation sites is 1. The summed E-state index contributed by atoms with van der Waals surface area (Å²) in [6, 6.07) is 22.0. The Kier molecular flexibility index (Phi) is 6.51. The fraction of sp³-hybridized carbons (Fsp3) is 0.0714. The van der Waals surface area contributed by atoms with Crippen molar-refractivity contribution in [2.75, 3.05) is 14.2 Å². The molecule has 0 aliphatic rings. The van der Waals surface area contributed by atoms with Gasteiger partial charge in [-0.2, -0.15) is 0 Å². The predicted octanol–water partition coefficient (Wildman–Crippen LogP) is 5.77. The van der Waals surface area contributed by atoms with Crippen molar-refractivity contribution in [3.05, 3.63) is 106 Å². The Morgan fingerprint density at radius 1 is 0.788 bits per heavy atom.